The van der Waals surface area contributed by atoms with Crippen molar-refractivity contribution in [1.82, 2.24) is 19.8 Å². The number of carbonyl (C=O) groups excluding carboxylic acids is 4. The number of hydrogen-bond donors (Lipinski definition) is 0. The lowest BCUT2D eigenvalue weighted by molar-refractivity contribution is -0.466. The van der Waals surface area contributed by atoms with Gasteiger partial charge in [0.05, 0.1) is 65.4 Å². The average Bonchev–Trinajstić information content (AvgIpc) is 3.52. The van der Waals surface area contributed by atoms with Crippen LogP contribution in [0.25, 0.3) is 22.5 Å². The Morgan fingerprint density at radius 1 is 0.500 bits per heavy atom. The van der Waals surface area contributed by atoms with E-state index in [1.54, 1.807) is 60.7 Å². The molecule has 312 valence electrons. The quantitative estimate of drug-likeness (QED) is 0.187. The third-order valence-electron chi connectivity index (χ3n) is 9.78. The summed E-state index contributed by atoms with van der Waals surface area (Å²) < 4.78 is 57.0. The lowest BCUT2D eigenvalue weighted by atomic mass is 10.1. The largest absolute Gasteiger partial charge is 0.493 e. The summed E-state index contributed by atoms with van der Waals surface area (Å²) in [7, 11) is 8.97. The van der Waals surface area contributed by atoms with Crippen LogP contribution >= 0.6 is 0 Å². The molecule has 2 spiro atoms. The molecule has 0 radical (unpaired) electrons. The highest BCUT2D eigenvalue weighted by Gasteiger charge is 2.74. The summed E-state index contributed by atoms with van der Waals surface area (Å²) in [6.45, 7) is -0.418. The number of benzene rings is 2. The fourth-order valence-corrected chi connectivity index (χ4v) is 7.12. The van der Waals surface area contributed by atoms with Crippen LogP contribution in [0.15, 0.2) is 85.0 Å². The molecular weight excluding hydrogens is 784 g/mol. The summed E-state index contributed by atoms with van der Waals surface area (Å²) in [5.41, 5.74) is 2.96. The number of aromatic nitrogens is 2. The average molecular weight is 825 g/mol. The predicted octanol–water partition coefficient (Wildman–Crippen LogP) is 3.80. The van der Waals surface area contributed by atoms with E-state index in [0.717, 1.165) is 24.3 Å². The van der Waals surface area contributed by atoms with Gasteiger partial charge in [-0.3, -0.25) is 9.97 Å². The van der Waals surface area contributed by atoms with Gasteiger partial charge in [-0.15, -0.1) is 0 Å². The molecule has 0 aliphatic carbocycles. The Hall–Kier alpha value is -7.18. The van der Waals surface area contributed by atoms with Crippen molar-refractivity contribution in [2.45, 2.75) is 24.9 Å². The molecule has 1 fully saturated rings. The molecule has 1 saturated heterocycles. The van der Waals surface area contributed by atoms with E-state index >= 15 is 0 Å². The molecule has 3 aliphatic heterocycles. The summed E-state index contributed by atoms with van der Waals surface area (Å²) in [6, 6.07) is 17.3. The molecule has 18 nitrogen and oxygen atoms in total. The van der Waals surface area contributed by atoms with Gasteiger partial charge in [-0.05, 0) is 48.5 Å². The van der Waals surface area contributed by atoms with Crippen molar-refractivity contribution in [2.24, 2.45) is 0 Å². The van der Waals surface area contributed by atoms with Crippen molar-refractivity contribution in [3.05, 3.63) is 96.4 Å². The number of piperazine rings is 1. The Morgan fingerprint density at radius 3 is 1.10 bits per heavy atom. The molecule has 5 heterocycles. The Morgan fingerprint density at radius 2 is 0.817 bits per heavy atom. The monoisotopic (exact) mass is 824 g/mol. The molecule has 0 saturated carbocycles. The molecule has 4 aromatic rings. The van der Waals surface area contributed by atoms with Gasteiger partial charge < -0.3 is 47.4 Å². The van der Waals surface area contributed by atoms with Crippen LogP contribution in [-0.2, 0) is 51.2 Å². The number of pyridine rings is 2. The van der Waals surface area contributed by atoms with Crippen LogP contribution in [-0.4, -0.2) is 111 Å². The SMILES string of the molecule is COc1cc(-c2cccc(CN3CCN(Cc4cccc(-c5cc(OC)c(OC)c(OC)c5)n4)C4(OC(=O)C=CC(=O)O4)C34OC(=O)C=CC(=O)O4)n2)cc(OC)c1OC. The number of ether oxygens (including phenoxy) is 10. The lowest BCUT2D eigenvalue weighted by Gasteiger charge is -2.55. The maximum Gasteiger partial charge on any atom is 0.420 e. The van der Waals surface area contributed by atoms with Gasteiger partial charge in [-0.1, -0.05) is 12.1 Å². The van der Waals surface area contributed by atoms with E-state index in [0.29, 0.717) is 68.4 Å². The molecule has 0 bridgehead atoms. The maximum absolute atomic E-state index is 13.4. The molecule has 7 rings (SSSR count). The van der Waals surface area contributed by atoms with Crippen LogP contribution in [0.3, 0.4) is 0 Å². The van der Waals surface area contributed by atoms with E-state index in [1.807, 2.05) is 0 Å². The standard InChI is InChI=1S/C42H40N4O14/c1-51-31-19-25(20-32(52-2)39(31)55-5)29-11-7-9-27(43-29)23-45-17-18-46(24-28-10-8-12-30(44-28)26-21-33(53-3)40(56-6)34(22-26)54-4)42(59-37(49)15-16-38(50)60-42)41(45)57-35(47)13-14-36(48)58-41/h7-16,19-22H,17-18,23-24H2,1-6H3. The highest BCUT2D eigenvalue weighted by Crippen LogP contribution is 2.46. The molecular formula is C42H40N4O14. The highest BCUT2D eigenvalue weighted by atomic mass is 16.8. The minimum absolute atomic E-state index is 0.0203. The van der Waals surface area contributed by atoms with Gasteiger partial charge in [0.15, 0.2) is 23.0 Å². The maximum atomic E-state index is 13.4. The summed E-state index contributed by atoms with van der Waals surface area (Å²) in [5.74, 6) is -7.33. The van der Waals surface area contributed by atoms with Gasteiger partial charge in [0.25, 0.3) is 0 Å². The Bertz CT molecular complexity index is 2140. The van der Waals surface area contributed by atoms with Crippen molar-refractivity contribution in [2.75, 3.05) is 55.7 Å². The molecule has 2 aromatic heterocycles. The van der Waals surface area contributed by atoms with Gasteiger partial charge in [0, 0.05) is 61.6 Å². The van der Waals surface area contributed by atoms with Crippen LogP contribution in [0.1, 0.15) is 11.4 Å². The van der Waals surface area contributed by atoms with E-state index in [-0.39, 0.29) is 26.2 Å². The van der Waals surface area contributed by atoms with Crippen LogP contribution in [0.2, 0.25) is 0 Å². The fourth-order valence-electron chi connectivity index (χ4n) is 7.12. The smallest absolute Gasteiger partial charge is 0.420 e. The number of hydrogen-bond acceptors (Lipinski definition) is 18. The molecule has 3 aliphatic rings. The van der Waals surface area contributed by atoms with Gasteiger partial charge >= 0.3 is 35.7 Å². The molecule has 0 atom stereocenters. The second kappa shape index (κ2) is 17.0. The van der Waals surface area contributed by atoms with E-state index in [2.05, 4.69) is 0 Å². The topological polar surface area (TPSA) is 193 Å². The summed E-state index contributed by atoms with van der Waals surface area (Å²) in [5, 5.41) is 0. The Kier molecular flexibility index (Phi) is 11.6. The van der Waals surface area contributed by atoms with Crippen molar-refractivity contribution in [1.29, 1.82) is 0 Å². The molecule has 18 heteroatoms. The third-order valence-corrected chi connectivity index (χ3v) is 9.78. The van der Waals surface area contributed by atoms with Gasteiger partial charge in [0.1, 0.15) is 0 Å². The second-order valence-electron chi connectivity index (χ2n) is 13.2. The van der Waals surface area contributed by atoms with Crippen LogP contribution < -0.4 is 28.4 Å². The van der Waals surface area contributed by atoms with Crippen molar-refractivity contribution in [3.8, 4) is 57.0 Å². The zero-order valence-corrected chi connectivity index (χ0v) is 33.4. The minimum Gasteiger partial charge on any atom is -0.493 e. The first-order chi connectivity index (χ1) is 29.0. The zero-order chi connectivity index (χ0) is 42.6. The number of nitrogens with zero attached hydrogens (tertiary/aromatic N) is 4. The van der Waals surface area contributed by atoms with Crippen LogP contribution in [0.4, 0.5) is 0 Å². The number of rotatable bonds is 12. The zero-order valence-electron chi connectivity index (χ0n) is 33.4. The number of carbonyl (C=O) groups is 4. The van der Waals surface area contributed by atoms with E-state index in [4.69, 9.17) is 57.3 Å². The molecule has 0 amide bonds. The Labute approximate surface area is 343 Å². The summed E-state index contributed by atoms with van der Waals surface area (Å²) >= 11 is 0. The minimum atomic E-state index is -2.74. The number of esters is 4. The van der Waals surface area contributed by atoms with Crippen molar-refractivity contribution < 1.29 is 66.5 Å². The first kappa shape index (κ1) is 41.0. The third kappa shape index (κ3) is 7.60. The molecule has 0 N–H and O–H groups in total. The Balaban J connectivity index is 1.31. The predicted molar refractivity (Wildman–Crippen MR) is 208 cm³/mol. The number of methoxy groups -OCH3 is 6. The molecule has 60 heavy (non-hydrogen) atoms. The highest BCUT2D eigenvalue weighted by molar-refractivity contribution is 5.95. The molecule has 0 unspecified atom stereocenters. The normalized spacial score (nSPS) is 17.2. The van der Waals surface area contributed by atoms with Gasteiger partial charge in [-0.2, -0.15) is 0 Å². The van der Waals surface area contributed by atoms with Gasteiger partial charge in [-0.25, -0.2) is 29.0 Å². The number of fused-ring (bicyclic) bond motifs is 1. The second-order valence-corrected chi connectivity index (χ2v) is 13.2. The van der Waals surface area contributed by atoms with Crippen LogP contribution in [0, 0.1) is 0 Å². The van der Waals surface area contributed by atoms with E-state index in [9.17, 15) is 19.2 Å². The fraction of sp³-hybridized carbons (Fsp3) is 0.286. The lowest BCUT2D eigenvalue weighted by Crippen LogP contribution is -2.80. The summed E-state index contributed by atoms with van der Waals surface area (Å²) in [6.07, 6.45) is 3.41. The van der Waals surface area contributed by atoms with Crippen molar-refractivity contribution >= 4 is 23.9 Å². The summed E-state index contributed by atoms with van der Waals surface area (Å²) in [4.78, 5) is 66.2. The van der Waals surface area contributed by atoms with Crippen molar-refractivity contribution in [3.63, 3.8) is 0 Å². The van der Waals surface area contributed by atoms with E-state index in [1.165, 1.54) is 52.5 Å². The van der Waals surface area contributed by atoms with Gasteiger partial charge in [0.2, 0.25) is 11.5 Å². The molecule has 2 aromatic carbocycles. The first-order valence-electron chi connectivity index (χ1n) is 18.3. The first-order valence-corrected chi connectivity index (χ1v) is 18.3. The van der Waals surface area contributed by atoms with E-state index < -0.39 is 35.7 Å². The van der Waals surface area contributed by atoms with Crippen LogP contribution in [0.5, 0.6) is 34.5 Å².